The van der Waals surface area contributed by atoms with Crippen molar-refractivity contribution in [1.82, 2.24) is 4.98 Å². The third-order valence-corrected chi connectivity index (χ3v) is 11.9. The van der Waals surface area contributed by atoms with Crippen LogP contribution >= 0.6 is 0 Å². The normalized spacial score (nSPS) is 13.6. The van der Waals surface area contributed by atoms with Gasteiger partial charge < -0.3 is 5.11 Å². The minimum Gasteiger partial charge on any atom is -0.512 e. The molecule has 259 valence electrons. The molecule has 2 aromatic heterocycles. The van der Waals surface area contributed by atoms with E-state index in [9.17, 15) is 9.90 Å². The summed E-state index contributed by atoms with van der Waals surface area (Å²) in [7, 11) is 0. The number of hydrogen-bond donors (Lipinski definition) is 1. The number of rotatable bonds is 10. The zero-order chi connectivity index (χ0) is 37.0. The number of benzene rings is 3. The molecule has 0 aliphatic heterocycles. The van der Waals surface area contributed by atoms with E-state index in [4.69, 9.17) is 9.10 Å². The third kappa shape index (κ3) is 8.78. The number of aliphatic hydroxyl groups excluding tert-OH is 1. The topological polar surface area (TPSA) is 50.2 Å². The van der Waals surface area contributed by atoms with Gasteiger partial charge >= 0.3 is 191 Å². The summed E-state index contributed by atoms with van der Waals surface area (Å²) in [6.07, 6.45) is 5.54. The Morgan fingerprint density at radius 3 is 2.12 bits per heavy atom. The Balaban J connectivity index is 0.000000306. The average Bonchev–Trinajstić information content (AvgIpc) is 3.44. The molecular formula is C43H54IrNO2Se-. The monoisotopic (exact) mass is 892 g/mol. The second kappa shape index (κ2) is 17.4. The molecule has 0 saturated heterocycles. The first kappa shape index (κ1) is 35.3. The molecule has 5 aromatic rings. The van der Waals surface area contributed by atoms with Crippen molar-refractivity contribution < 1.29 is 34.1 Å². The van der Waals surface area contributed by atoms with Gasteiger partial charge in [-0.25, -0.2) is 0 Å². The molecule has 0 fully saturated rings. The zero-order valence-electron chi connectivity index (χ0n) is 33.1. The predicted molar refractivity (Wildman–Crippen MR) is 204 cm³/mol. The van der Waals surface area contributed by atoms with Crippen molar-refractivity contribution in [3.05, 3.63) is 89.3 Å². The maximum absolute atomic E-state index is 12.4. The van der Waals surface area contributed by atoms with Crippen molar-refractivity contribution in [2.45, 2.75) is 107 Å². The molecule has 3 nitrogen and oxygen atoms in total. The summed E-state index contributed by atoms with van der Waals surface area (Å²) in [5.74, 6) is -0.580. The van der Waals surface area contributed by atoms with Crippen molar-refractivity contribution in [3.8, 4) is 11.3 Å². The first-order valence-electron chi connectivity index (χ1n) is 18.8. The van der Waals surface area contributed by atoms with Crippen molar-refractivity contribution in [2.75, 3.05) is 0 Å². The minimum absolute atomic E-state index is 0. The molecule has 5 heteroatoms. The smallest absolute Gasteiger partial charge is 0.164 e. The van der Waals surface area contributed by atoms with Gasteiger partial charge in [0.2, 0.25) is 0 Å². The SMILES string of the molecule is CC(C)Cc1cccc2c1[se]c1c(-c3[c-]c4ccccc4c(C(C)(C)C)c3)nccc12.[2H]C([2H])([2H])/C(C(=O)C(CC)CC)=C(/O)C(CC)CC.[Ir]. The Hall–Kier alpha value is -2.55. The minimum atomic E-state index is -2.55. The van der Waals surface area contributed by atoms with Crippen LogP contribution in [0.4, 0.5) is 0 Å². The first-order chi connectivity index (χ1) is 23.6. The van der Waals surface area contributed by atoms with E-state index in [1.807, 2.05) is 33.9 Å². The van der Waals surface area contributed by atoms with Crippen LogP contribution in [0.5, 0.6) is 0 Å². The molecular weight excluding hydrogens is 834 g/mol. The number of aromatic nitrogens is 1. The summed E-state index contributed by atoms with van der Waals surface area (Å²) < 4.78 is 25.6. The number of nitrogens with zero attached hydrogens (tertiary/aromatic N) is 1. The van der Waals surface area contributed by atoms with Gasteiger partial charge in [-0.2, -0.15) is 0 Å². The van der Waals surface area contributed by atoms with Crippen molar-refractivity contribution >= 4 is 50.4 Å². The number of pyridine rings is 1. The van der Waals surface area contributed by atoms with E-state index in [1.54, 1.807) is 4.26 Å². The molecule has 2 heterocycles. The number of allylic oxidation sites excluding steroid dienone is 2. The maximum atomic E-state index is 12.4. The Kier molecular flexibility index (Phi) is 12.8. The van der Waals surface area contributed by atoms with Crippen LogP contribution in [0.15, 0.2) is 72.1 Å². The quantitative estimate of drug-likeness (QED) is 0.0658. The van der Waals surface area contributed by atoms with Gasteiger partial charge in [0.15, 0.2) is 5.78 Å². The van der Waals surface area contributed by atoms with Gasteiger partial charge in [-0.05, 0) is 32.5 Å². The van der Waals surface area contributed by atoms with Gasteiger partial charge in [-0.3, -0.25) is 4.79 Å². The van der Waals surface area contributed by atoms with Crippen LogP contribution in [0.25, 0.3) is 41.3 Å². The van der Waals surface area contributed by atoms with Crippen LogP contribution < -0.4 is 0 Å². The van der Waals surface area contributed by atoms with Crippen molar-refractivity contribution in [2.24, 2.45) is 17.8 Å². The maximum Gasteiger partial charge on any atom is 0.164 e. The molecule has 3 aromatic carbocycles. The summed E-state index contributed by atoms with van der Waals surface area (Å²) in [4.78, 5) is 17.3. The summed E-state index contributed by atoms with van der Waals surface area (Å²) in [6.45, 7) is 16.4. The average molecular weight is 891 g/mol. The number of carbonyl (C=O) groups excluding carboxylic acids is 1. The second-order valence-corrected chi connectivity index (χ2v) is 16.2. The van der Waals surface area contributed by atoms with E-state index >= 15 is 0 Å². The fourth-order valence-corrected chi connectivity index (χ4v) is 9.20. The number of Topliss-reactive ketones (excluding diaryl/α,β-unsaturated/α-hetero) is 1. The van der Waals surface area contributed by atoms with E-state index in [2.05, 4.69) is 95.3 Å². The van der Waals surface area contributed by atoms with Crippen LogP contribution in [-0.4, -0.2) is 30.4 Å². The predicted octanol–water partition coefficient (Wildman–Crippen LogP) is 11.8. The van der Waals surface area contributed by atoms with Crippen LogP contribution in [-0.2, 0) is 36.7 Å². The summed E-state index contributed by atoms with van der Waals surface area (Å²) in [6, 6.07) is 23.7. The molecule has 0 amide bonds. The molecule has 0 spiro atoms. The molecule has 0 unspecified atom stereocenters. The molecule has 0 atom stereocenters. The molecule has 5 rings (SSSR count). The van der Waals surface area contributed by atoms with Gasteiger partial charge in [-0.15, -0.1) is 0 Å². The largest absolute Gasteiger partial charge is 0.512 e. The molecule has 0 aliphatic rings. The standard InChI is InChI=1S/C29H28NSe.C14H26O2.Ir/c1-18(2)15-20-10-8-12-23-24-13-14-30-26(28(24)31-27(20)23)21-16-19-9-6-7-11-22(19)25(17-21)29(3,4)5;1-6-11(7-2)13(15)10(5)14(16)12(8-3)9-4;/h6-14,17-18H,15H2,1-5H3;11-12,15H,6-9H2,1-5H3;/q-1;;/b;13-10-;/i;5D3;. The van der Waals surface area contributed by atoms with Gasteiger partial charge in [0.25, 0.3) is 0 Å². The second-order valence-electron chi connectivity index (χ2n) is 14.1. The summed E-state index contributed by atoms with van der Waals surface area (Å²) in [5.41, 5.74) is 4.81. The molecule has 1 N–H and O–H groups in total. The number of hydrogen-bond acceptors (Lipinski definition) is 3. The van der Waals surface area contributed by atoms with E-state index < -0.39 is 12.6 Å². The van der Waals surface area contributed by atoms with Crippen LogP contribution in [0.3, 0.4) is 0 Å². The van der Waals surface area contributed by atoms with E-state index in [0.29, 0.717) is 31.6 Å². The zero-order valence-corrected chi connectivity index (χ0v) is 34.2. The number of aliphatic hydroxyl groups is 1. The Morgan fingerprint density at radius 1 is 0.896 bits per heavy atom. The molecule has 0 saturated carbocycles. The van der Waals surface area contributed by atoms with E-state index in [-0.39, 0.29) is 63.2 Å². The first-order valence-corrected chi connectivity index (χ1v) is 19.0. The van der Waals surface area contributed by atoms with Gasteiger partial charge in [-0.1, -0.05) is 27.7 Å². The van der Waals surface area contributed by atoms with E-state index in [0.717, 1.165) is 17.7 Å². The van der Waals surface area contributed by atoms with Crippen molar-refractivity contribution in [1.29, 1.82) is 0 Å². The van der Waals surface area contributed by atoms with Crippen molar-refractivity contribution in [3.63, 3.8) is 0 Å². The molecule has 0 aliphatic carbocycles. The Morgan fingerprint density at radius 2 is 1.52 bits per heavy atom. The van der Waals surface area contributed by atoms with E-state index in [1.165, 1.54) is 36.9 Å². The number of ketones is 1. The Bertz CT molecular complexity index is 1980. The summed E-state index contributed by atoms with van der Waals surface area (Å²) >= 11 is 0.265. The van der Waals surface area contributed by atoms with Gasteiger partial charge in [0, 0.05) is 41.6 Å². The number of fused-ring (bicyclic) bond motifs is 4. The fraction of sp³-hybridized carbons (Fsp3) is 0.442. The summed E-state index contributed by atoms with van der Waals surface area (Å²) in [5, 5.41) is 15.5. The third-order valence-electron chi connectivity index (χ3n) is 9.19. The van der Waals surface area contributed by atoms with Gasteiger partial charge in [0.1, 0.15) is 5.76 Å². The van der Waals surface area contributed by atoms with Gasteiger partial charge in [0.05, 0.1) is 0 Å². The number of carbonyl (C=O) groups is 1. The Labute approximate surface area is 313 Å². The fourth-order valence-electron chi connectivity index (χ4n) is 6.42. The molecule has 48 heavy (non-hydrogen) atoms. The van der Waals surface area contributed by atoms with Crippen LogP contribution in [0, 0.1) is 23.8 Å². The molecule has 1 radical (unpaired) electrons. The van der Waals surface area contributed by atoms with Crippen LogP contribution in [0.1, 0.15) is 110 Å². The molecule has 0 bridgehead atoms. The van der Waals surface area contributed by atoms with Crippen LogP contribution in [0.2, 0.25) is 0 Å².